The van der Waals surface area contributed by atoms with Crippen LogP contribution in [0.15, 0.2) is 29.3 Å². The number of allylic oxidation sites excluding steroid dienone is 2. The molecule has 4 nitrogen and oxygen atoms in total. The quantitative estimate of drug-likeness (QED) is 0.843. The highest BCUT2D eigenvalue weighted by molar-refractivity contribution is 7.13. The third-order valence-corrected chi connectivity index (χ3v) is 3.48. The second kappa shape index (κ2) is 5.90. The van der Waals surface area contributed by atoms with E-state index >= 15 is 0 Å². The van der Waals surface area contributed by atoms with E-state index in [1.54, 1.807) is 18.4 Å². The highest BCUT2D eigenvalue weighted by atomic mass is 35.5. The van der Waals surface area contributed by atoms with Crippen molar-refractivity contribution in [2.24, 2.45) is 5.73 Å². The Morgan fingerprint density at radius 2 is 2.30 bits per heavy atom. The van der Waals surface area contributed by atoms with Gasteiger partial charge in [-0.3, -0.25) is 0 Å². The number of halogens is 2. The van der Waals surface area contributed by atoms with Crippen LogP contribution in [0.25, 0.3) is 5.57 Å². The van der Waals surface area contributed by atoms with E-state index in [9.17, 15) is 4.39 Å². The molecule has 0 spiro atoms. The van der Waals surface area contributed by atoms with Gasteiger partial charge in [-0.2, -0.15) is 5.26 Å². The number of nitrogens with two attached hydrogens (primary N) is 1. The summed E-state index contributed by atoms with van der Waals surface area (Å²) < 4.78 is 13.1. The first-order valence-corrected chi connectivity index (χ1v) is 6.81. The minimum absolute atomic E-state index is 0.0298. The average Bonchev–Trinajstić information content (AvgIpc) is 2.82. The van der Waals surface area contributed by atoms with E-state index in [4.69, 9.17) is 22.6 Å². The molecule has 2 aromatic rings. The second-order valence-electron chi connectivity index (χ2n) is 3.96. The molecule has 1 heterocycles. The molecule has 1 aromatic heterocycles. The summed E-state index contributed by atoms with van der Waals surface area (Å²) in [4.78, 5) is 4.26. The van der Waals surface area contributed by atoms with E-state index < -0.39 is 5.82 Å². The van der Waals surface area contributed by atoms with Gasteiger partial charge in [-0.1, -0.05) is 11.6 Å². The van der Waals surface area contributed by atoms with E-state index in [0.717, 1.165) is 0 Å². The van der Waals surface area contributed by atoms with Gasteiger partial charge in [-0.25, -0.2) is 9.37 Å². The molecule has 0 saturated carbocycles. The lowest BCUT2D eigenvalue weighted by molar-refractivity contribution is 0.628. The van der Waals surface area contributed by atoms with Gasteiger partial charge in [0.05, 0.1) is 16.3 Å². The molecule has 7 heteroatoms. The maximum absolute atomic E-state index is 13.1. The first-order chi connectivity index (χ1) is 9.51. The molecular weight excluding hydrogens is 299 g/mol. The molecule has 0 bridgehead atoms. The maximum atomic E-state index is 13.1. The van der Waals surface area contributed by atoms with Crippen molar-refractivity contribution < 1.29 is 4.39 Å². The van der Waals surface area contributed by atoms with Crippen molar-refractivity contribution >= 4 is 39.3 Å². The molecule has 3 N–H and O–H groups in total. The molecule has 0 atom stereocenters. The van der Waals surface area contributed by atoms with Crippen molar-refractivity contribution in [3.05, 3.63) is 45.8 Å². The SMILES string of the molecule is C/C(N)=C(/C#N)c1csc(Nc2ccc(F)c(Cl)c2)n1. The summed E-state index contributed by atoms with van der Waals surface area (Å²) in [6.45, 7) is 1.64. The van der Waals surface area contributed by atoms with Crippen molar-refractivity contribution in [2.45, 2.75) is 6.92 Å². The molecule has 0 aliphatic carbocycles. The molecule has 20 heavy (non-hydrogen) atoms. The first kappa shape index (κ1) is 14.3. The number of nitrogens with one attached hydrogen (secondary N) is 1. The third kappa shape index (κ3) is 3.07. The number of nitriles is 1. The fourth-order valence-electron chi connectivity index (χ4n) is 1.49. The van der Waals surface area contributed by atoms with Gasteiger partial charge in [0.2, 0.25) is 0 Å². The lowest BCUT2D eigenvalue weighted by Gasteiger charge is -2.03. The summed E-state index contributed by atoms with van der Waals surface area (Å²) >= 11 is 7.02. The maximum Gasteiger partial charge on any atom is 0.187 e. The number of benzene rings is 1. The average molecular weight is 309 g/mol. The minimum atomic E-state index is -0.481. The van der Waals surface area contributed by atoms with Crippen molar-refractivity contribution in [1.82, 2.24) is 4.98 Å². The molecule has 2 rings (SSSR count). The van der Waals surface area contributed by atoms with Gasteiger partial charge < -0.3 is 11.1 Å². The van der Waals surface area contributed by atoms with Crippen LogP contribution >= 0.6 is 22.9 Å². The molecule has 0 unspecified atom stereocenters. The molecule has 0 aliphatic heterocycles. The lowest BCUT2D eigenvalue weighted by Crippen LogP contribution is -1.97. The molecule has 0 saturated heterocycles. The Morgan fingerprint density at radius 1 is 1.55 bits per heavy atom. The van der Waals surface area contributed by atoms with E-state index in [-0.39, 0.29) is 5.02 Å². The van der Waals surface area contributed by atoms with E-state index in [1.165, 1.54) is 23.5 Å². The fraction of sp³-hybridized carbons (Fsp3) is 0.0769. The minimum Gasteiger partial charge on any atom is -0.401 e. The number of rotatable bonds is 3. The van der Waals surface area contributed by atoms with Gasteiger partial charge in [0.15, 0.2) is 5.13 Å². The summed E-state index contributed by atoms with van der Waals surface area (Å²) in [5, 5.41) is 14.3. The Hall–Kier alpha value is -2.10. The van der Waals surface area contributed by atoms with E-state index in [2.05, 4.69) is 10.3 Å². The molecule has 0 amide bonds. The molecule has 102 valence electrons. The topological polar surface area (TPSA) is 74.7 Å². The van der Waals surface area contributed by atoms with Crippen LogP contribution in [0.3, 0.4) is 0 Å². The molecule has 0 radical (unpaired) electrons. The smallest absolute Gasteiger partial charge is 0.187 e. The van der Waals surface area contributed by atoms with Gasteiger partial charge >= 0.3 is 0 Å². The number of hydrogen-bond donors (Lipinski definition) is 2. The highest BCUT2D eigenvalue weighted by Crippen LogP contribution is 2.27. The molecular formula is C13H10ClFN4S. The van der Waals surface area contributed by atoms with Crippen LogP contribution in [-0.2, 0) is 0 Å². The normalized spacial score (nSPS) is 11.7. The third-order valence-electron chi connectivity index (χ3n) is 2.44. The Balaban J connectivity index is 2.24. The summed E-state index contributed by atoms with van der Waals surface area (Å²) in [5.74, 6) is -0.481. The van der Waals surface area contributed by atoms with Gasteiger partial charge in [-0.15, -0.1) is 11.3 Å². The predicted molar refractivity (Wildman–Crippen MR) is 79.2 cm³/mol. The lowest BCUT2D eigenvalue weighted by atomic mass is 10.2. The van der Waals surface area contributed by atoms with Crippen LogP contribution < -0.4 is 11.1 Å². The summed E-state index contributed by atoms with van der Waals surface area (Å²) in [7, 11) is 0. The van der Waals surface area contributed by atoms with E-state index in [0.29, 0.717) is 27.8 Å². The number of thiazole rings is 1. The van der Waals surface area contributed by atoms with Crippen LogP contribution in [0, 0.1) is 17.1 Å². The van der Waals surface area contributed by atoms with Crippen LogP contribution in [0.2, 0.25) is 5.02 Å². The second-order valence-corrected chi connectivity index (χ2v) is 5.23. The van der Waals surface area contributed by atoms with Gasteiger partial charge in [-0.05, 0) is 25.1 Å². The number of anilines is 2. The van der Waals surface area contributed by atoms with Crippen LogP contribution in [0.4, 0.5) is 15.2 Å². The van der Waals surface area contributed by atoms with Crippen molar-refractivity contribution in [3.63, 3.8) is 0 Å². The zero-order valence-corrected chi connectivity index (χ0v) is 12.0. The van der Waals surface area contributed by atoms with Gasteiger partial charge in [0, 0.05) is 16.8 Å². The molecule has 1 aromatic carbocycles. The van der Waals surface area contributed by atoms with E-state index in [1.807, 2.05) is 6.07 Å². The molecule has 0 fully saturated rings. The Kier molecular flexibility index (Phi) is 4.23. The highest BCUT2D eigenvalue weighted by Gasteiger charge is 2.09. The Bertz CT molecular complexity index is 713. The standard InChI is InChI=1S/C13H10ClFN4S/c1-7(17)9(5-16)12-6-20-13(19-12)18-8-2-3-11(15)10(14)4-8/h2-4,6H,17H2,1H3,(H,18,19)/b9-7+. The zero-order chi connectivity index (χ0) is 14.7. The summed E-state index contributed by atoms with van der Waals surface area (Å²) in [6.07, 6.45) is 0. The van der Waals surface area contributed by atoms with Crippen LogP contribution in [0.1, 0.15) is 12.6 Å². The van der Waals surface area contributed by atoms with Crippen molar-refractivity contribution in [1.29, 1.82) is 5.26 Å². The number of nitrogens with zero attached hydrogens (tertiary/aromatic N) is 2. The van der Waals surface area contributed by atoms with Crippen molar-refractivity contribution in [2.75, 3.05) is 5.32 Å². The van der Waals surface area contributed by atoms with Gasteiger partial charge in [0.1, 0.15) is 11.9 Å². The summed E-state index contributed by atoms with van der Waals surface area (Å²) in [6, 6.07) is 6.30. The number of aromatic nitrogens is 1. The van der Waals surface area contributed by atoms with Crippen LogP contribution in [0.5, 0.6) is 0 Å². The Morgan fingerprint density at radius 3 is 2.90 bits per heavy atom. The fourth-order valence-corrected chi connectivity index (χ4v) is 2.39. The monoisotopic (exact) mass is 308 g/mol. The largest absolute Gasteiger partial charge is 0.401 e. The number of hydrogen-bond acceptors (Lipinski definition) is 5. The predicted octanol–water partition coefficient (Wildman–Crippen LogP) is 3.89. The first-order valence-electron chi connectivity index (χ1n) is 5.55. The zero-order valence-electron chi connectivity index (χ0n) is 10.4. The summed E-state index contributed by atoms with van der Waals surface area (Å²) in [5.41, 5.74) is 7.49. The van der Waals surface area contributed by atoms with Crippen molar-refractivity contribution in [3.8, 4) is 6.07 Å². The van der Waals surface area contributed by atoms with Gasteiger partial charge in [0.25, 0.3) is 0 Å². The van der Waals surface area contributed by atoms with Crippen LogP contribution in [-0.4, -0.2) is 4.98 Å². The molecule has 0 aliphatic rings. The Labute approximate surface area is 124 Å².